The van der Waals surface area contributed by atoms with Gasteiger partial charge in [-0.2, -0.15) is 0 Å². The number of Topliss-reactive ketones (excluding diaryl/α,β-unsaturated/α-hetero) is 1. The fourth-order valence-corrected chi connectivity index (χ4v) is 2.08. The van der Waals surface area contributed by atoms with E-state index in [2.05, 4.69) is 0 Å². The van der Waals surface area contributed by atoms with Crippen molar-refractivity contribution in [2.24, 2.45) is 0 Å². The fourth-order valence-electron chi connectivity index (χ4n) is 2.08. The highest BCUT2D eigenvalue weighted by Crippen LogP contribution is 2.28. The third-order valence-corrected chi connectivity index (χ3v) is 2.84. The standard InChI is InChI=1S/C14H14O6/c1-7(15)2-9(16)5-11-4-8-3-10(17)6-12(18)13(8)14(19)20-11/h3-4,6,9,16-18H,2,5H2,1H3. The number of aromatic hydroxyl groups is 2. The number of rotatable bonds is 4. The second kappa shape index (κ2) is 5.34. The molecule has 0 amide bonds. The van der Waals surface area contributed by atoms with Crippen molar-refractivity contribution in [2.45, 2.75) is 25.9 Å². The van der Waals surface area contributed by atoms with E-state index in [4.69, 9.17) is 4.42 Å². The molecule has 0 saturated heterocycles. The zero-order valence-electron chi connectivity index (χ0n) is 10.8. The topological polar surface area (TPSA) is 108 Å². The predicted octanol–water partition coefficient (Wildman–Crippen LogP) is 1.09. The minimum atomic E-state index is -0.945. The summed E-state index contributed by atoms with van der Waals surface area (Å²) in [6.07, 6.45) is -0.979. The van der Waals surface area contributed by atoms with Crippen LogP contribution in [0.25, 0.3) is 10.8 Å². The van der Waals surface area contributed by atoms with Gasteiger partial charge in [-0.15, -0.1) is 0 Å². The first-order valence-corrected chi connectivity index (χ1v) is 6.03. The van der Waals surface area contributed by atoms with Crippen LogP contribution in [-0.4, -0.2) is 27.2 Å². The summed E-state index contributed by atoms with van der Waals surface area (Å²) in [6, 6.07) is 3.80. The van der Waals surface area contributed by atoms with E-state index in [1.165, 1.54) is 19.1 Å². The van der Waals surface area contributed by atoms with Gasteiger partial charge in [0.1, 0.15) is 28.4 Å². The quantitative estimate of drug-likeness (QED) is 0.772. The van der Waals surface area contributed by atoms with E-state index < -0.39 is 11.7 Å². The lowest BCUT2D eigenvalue weighted by molar-refractivity contribution is -0.118. The average Bonchev–Trinajstić information content (AvgIpc) is 2.25. The maximum atomic E-state index is 11.8. The number of ketones is 1. The first-order valence-electron chi connectivity index (χ1n) is 6.03. The van der Waals surface area contributed by atoms with E-state index in [-0.39, 0.29) is 41.3 Å². The molecule has 0 saturated carbocycles. The molecule has 6 nitrogen and oxygen atoms in total. The lowest BCUT2D eigenvalue weighted by Crippen LogP contribution is -2.15. The van der Waals surface area contributed by atoms with Crippen molar-refractivity contribution < 1.29 is 24.5 Å². The molecular weight excluding hydrogens is 264 g/mol. The van der Waals surface area contributed by atoms with Crippen LogP contribution in [0.2, 0.25) is 0 Å². The molecule has 1 heterocycles. The van der Waals surface area contributed by atoms with E-state index >= 15 is 0 Å². The van der Waals surface area contributed by atoms with E-state index in [0.29, 0.717) is 5.39 Å². The molecule has 2 aromatic rings. The zero-order valence-corrected chi connectivity index (χ0v) is 10.8. The Morgan fingerprint density at radius 3 is 2.65 bits per heavy atom. The van der Waals surface area contributed by atoms with Crippen molar-refractivity contribution in [1.82, 2.24) is 0 Å². The van der Waals surface area contributed by atoms with Crippen LogP contribution in [0.1, 0.15) is 19.1 Å². The van der Waals surface area contributed by atoms with Crippen LogP contribution < -0.4 is 5.63 Å². The molecule has 0 spiro atoms. The Labute approximate surface area is 113 Å². The molecule has 0 bridgehead atoms. The highest BCUT2D eigenvalue weighted by Gasteiger charge is 2.14. The minimum absolute atomic E-state index is 0.00117. The van der Waals surface area contributed by atoms with Gasteiger partial charge in [-0.3, -0.25) is 4.79 Å². The lowest BCUT2D eigenvalue weighted by Gasteiger charge is -2.08. The van der Waals surface area contributed by atoms with Crippen LogP contribution in [0.3, 0.4) is 0 Å². The summed E-state index contributed by atoms with van der Waals surface area (Å²) < 4.78 is 4.99. The van der Waals surface area contributed by atoms with Crippen molar-refractivity contribution in [3.05, 3.63) is 34.4 Å². The zero-order chi connectivity index (χ0) is 14.9. The van der Waals surface area contributed by atoms with E-state index in [1.807, 2.05) is 0 Å². The molecular formula is C14H14O6. The van der Waals surface area contributed by atoms with E-state index in [0.717, 1.165) is 6.07 Å². The van der Waals surface area contributed by atoms with Crippen molar-refractivity contribution in [2.75, 3.05) is 0 Å². The van der Waals surface area contributed by atoms with Crippen molar-refractivity contribution in [3.8, 4) is 11.5 Å². The molecule has 1 unspecified atom stereocenters. The van der Waals surface area contributed by atoms with Gasteiger partial charge in [0.05, 0.1) is 6.10 Å². The highest BCUT2D eigenvalue weighted by molar-refractivity contribution is 5.88. The first kappa shape index (κ1) is 14.1. The number of phenols is 2. The molecule has 6 heteroatoms. The summed E-state index contributed by atoms with van der Waals surface area (Å²) in [7, 11) is 0. The van der Waals surface area contributed by atoms with Crippen LogP contribution >= 0.6 is 0 Å². The number of aliphatic hydroxyl groups excluding tert-OH is 1. The molecule has 2 rings (SSSR count). The van der Waals surface area contributed by atoms with Crippen LogP contribution in [-0.2, 0) is 11.2 Å². The number of hydrogen-bond acceptors (Lipinski definition) is 6. The summed E-state index contributed by atoms with van der Waals surface area (Å²) in [4.78, 5) is 22.7. The monoisotopic (exact) mass is 278 g/mol. The molecule has 1 aromatic heterocycles. The minimum Gasteiger partial charge on any atom is -0.508 e. The Bertz CT molecular complexity index is 715. The largest absolute Gasteiger partial charge is 0.508 e. The first-order chi connectivity index (χ1) is 9.36. The SMILES string of the molecule is CC(=O)CC(O)Cc1cc2cc(O)cc(O)c2c(=O)o1. The Morgan fingerprint density at radius 2 is 2.00 bits per heavy atom. The number of hydrogen-bond donors (Lipinski definition) is 3. The molecule has 0 aliphatic heterocycles. The van der Waals surface area contributed by atoms with Crippen molar-refractivity contribution in [3.63, 3.8) is 0 Å². The molecule has 106 valence electrons. The summed E-state index contributed by atoms with van der Waals surface area (Å²) in [5.74, 6) is -0.544. The fraction of sp³-hybridized carbons (Fsp3) is 0.286. The number of phenolic OH excluding ortho intramolecular Hbond substituents is 2. The lowest BCUT2D eigenvalue weighted by atomic mass is 10.1. The second-order valence-electron chi connectivity index (χ2n) is 4.69. The van der Waals surface area contributed by atoms with Gasteiger partial charge in [-0.25, -0.2) is 4.79 Å². The van der Waals surface area contributed by atoms with Gasteiger partial charge in [0.25, 0.3) is 0 Å². The number of benzene rings is 1. The van der Waals surface area contributed by atoms with Gasteiger partial charge in [-0.1, -0.05) is 0 Å². The third kappa shape index (κ3) is 2.97. The molecule has 3 N–H and O–H groups in total. The van der Waals surface area contributed by atoms with Gasteiger partial charge in [0.15, 0.2) is 0 Å². The second-order valence-corrected chi connectivity index (χ2v) is 4.69. The number of carbonyl (C=O) groups excluding carboxylic acids is 1. The van der Waals surface area contributed by atoms with Crippen LogP contribution in [0.15, 0.2) is 27.4 Å². The summed E-state index contributed by atoms with van der Waals surface area (Å²) in [5, 5.41) is 29.0. The van der Waals surface area contributed by atoms with Gasteiger partial charge >= 0.3 is 5.63 Å². The molecule has 0 radical (unpaired) electrons. The molecule has 1 atom stereocenters. The molecule has 0 fully saturated rings. The van der Waals surface area contributed by atoms with Crippen LogP contribution in [0.5, 0.6) is 11.5 Å². The highest BCUT2D eigenvalue weighted by atomic mass is 16.4. The molecule has 20 heavy (non-hydrogen) atoms. The summed E-state index contributed by atoms with van der Waals surface area (Å²) in [5.41, 5.74) is -0.759. The Kier molecular flexibility index (Phi) is 3.76. The maximum absolute atomic E-state index is 11.8. The van der Waals surface area contributed by atoms with Crippen LogP contribution in [0, 0.1) is 0 Å². The van der Waals surface area contributed by atoms with Crippen LogP contribution in [0.4, 0.5) is 0 Å². The predicted molar refractivity (Wildman–Crippen MR) is 70.8 cm³/mol. The van der Waals surface area contributed by atoms with Gasteiger partial charge in [-0.05, 0) is 24.4 Å². The Morgan fingerprint density at radius 1 is 1.30 bits per heavy atom. The summed E-state index contributed by atoms with van der Waals surface area (Å²) in [6.45, 7) is 1.36. The van der Waals surface area contributed by atoms with E-state index in [1.54, 1.807) is 0 Å². The Balaban J connectivity index is 2.42. The normalized spacial score (nSPS) is 12.5. The average molecular weight is 278 g/mol. The van der Waals surface area contributed by atoms with Gasteiger partial charge in [0.2, 0.25) is 0 Å². The van der Waals surface area contributed by atoms with Crippen molar-refractivity contribution >= 4 is 16.6 Å². The molecule has 0 aliphatic carbocycles. The molecule has 0 aliphatic rings. The van der Waals surface area contributed by atoms with Gasteiger partial charge < -0.3 is 19.7 Å². The smallest absolute Gasteiger partial charge is 0.347 e. The third-order valence-electron chi connectivity index (χ3n) is 2.84. The summed E-state index contributed by atoms with van der Waals surface area (Å²) >= 11 is 0. The number of aliphatic hydroxyl groups is 1. The molecule has 1 aromatic carbocycles. The van der Waals surface area contributed by atoms with Gasteiger partial charge in [0, 0.05) is 18.9 Å². The van der Waals surface area contributed by atoms with E-state index in [9.17, 15) is 24.9 Å². The number of carbonyl (C=O) groups is 1. The Hall–Kier alpha value is -2.34. The maximum Gasteiger partial charge on any atom is 0.347 e. The van der Waals surface area contributed by atoms with Crippen molar-refractivity contribution in [1.29, 1.82) is 0 Å². The number of fused-ring (bicyclic) bond motifs is 1.